The summed E-state index contributed by atoms with van der Waals surface area (Å²) in [6.45, 7) is 5.49. The van der Waals surface area contributed by atoms with Crippen LogP contribution in [0.3, 0.4) is 0 Å². The number of amides is 1. The van der Waals surface area contributed by atoms with Crippen molar-refractivity contribution in [2.45, 2.75) is 20.3 Å². The Morgan fingerprint density at radius 2 is 2.16 bits per heavy atom. The van der Waals surface area contributed by atoms with Gasteiger partial charge >= 0.3 is 0 Å². The average Bonchev–Trinajstić information content (AvgIpc) is 2.34. The van der Waals surface area contributed by atoms with Crippen molar-refractivity contribution in [3.63, 3.8) is 0 Å². The summed E-state index contributed by atoms with van der Waals surface area (Å²) in [4.78, 5) is 12.1. The molecule has 1 amide bonds. The van der Waals surface area contributed by atoms with Gasteiger partial charge in [-0.05, 0) is 46.0 Å². The van der Waals surface area contributed by atoms with Crippen LogP contribution in [0, 0.1) is 5.41 Å². The van der Waals surface area contributed by atoms with E-state index in [4.69, 9.17) is 16.3 Å². The van der Waals surface area contributed by atoms with Crippen molar-refractivity contribution in [3.8, 4) is 0 Å². The van der Waals surface area contributed by atoms with Crippen LogP contribution in [0.25, 0.3) is 0 Å². The Morgan fingerprint density at radius 1 is 1.47 bits per heavy atom. The monoisotopic (exact) mass is 347 g/mol. The third-order valence-corrected chi connectivity index (χ3v) is 3.78. The molecule has 1 aromatic rings. The van der Waals surface area contributed by atoms with Crippen LogP contribution in [0.5, 0.6) is 0 Å². The topological polar surface area (TPSA) is 38.3 Å². The van der Waals surface area contributed by atoms with Gasteiger partial charge in [-0.1, -0.05) is 25.4 Å². The molecule has 1 N–H and O–H groups in total. The third-order valence-electron chi connectivity index (χ3n) is 2.89. The highest BCUT2D eigenvalue weighted by Gasteiger charge is 2.19. The van der Waals surface area contributed by atoms with E-state index in [0.717, 1.165) is 6.42 Å². The van der Waals surface area contributed by atoms with Gasteiger partial charge in [-0.15, -0.1) is 0 Å². The molecule has 0 saturated carbocycles. The summed E-state index contributed by atoms with van der Waals surface area (Å²) < 4.78 is 5.77. The predicted molar refractivity (Wildman–Crippen MR) is 81.8 cm³/mol. The SMILES string of the molecule is COCCC(C)(C)CNC(=O)c1ccc(Cl)cc1Br. The van der Waals surface area contributed by atoms with Crippen LogP contribution in [-0.2, 0) is 4.74 Å². The van der Waals surface area contributed by atoms with Gasteiger partial charge in [-0.3, -0.25) is 4.79 Å². The summed E-state index contributed by atoms with van der Waals surface area (Å²) in [5.74, 6) is -0.103. The van der Waals surface area contributed by atoms with Crippen LogP contribution in [0.1, 0.15) is 30.6 Å². The fourth-order valence-corrected chi connectivity index (χ4v) is 2.42. The molecule has 0 aliphatic carbocycles. The lowest BCUT2D eigenvalue weighted by molar-refractivity contribution is 0.0920. The number of nitrogens with one attached hydrogen (secondary N) is 1. The van der Waals surface area contributed by atoms with E-state index in [1.807, 2.05) is 0 Å². The fourth-order valence-electron chi connectivity index (χ4n) is 1.56. The molecule has 0 radical (unpaired) electrons. The summed E-state index contributed by atoms with van der Waals surface area (Å²) in [5.41, 5.74) is 0.594. The Balaban J connectivity index is 2.60. The third kappa shape index (κ3) is 5.51. The lowest BCUT2D eigenvalue weighted by Gasteiger charge is -2.24. The van der Waals surface area contributed by atoms with Crippen molar-refractivity contribution >= 4 is 33.4 Å². The van der Waals surface area contributed by atoms with Crippen LogP contribution >= 0.6 is 27.5 Å². The Hall–Kier alpha value is -0.580. The molecule has 19 heavy (non-hydrogen) atoms. The molecule has 0 aliphatic heterocycles. The van der Waals surface area contributed by atoms with Crippen molar-refractivity contribution in [1.82, 2.24) is 5.32 Å². The van der Waals surface area contributed by atoms with Crippen LogP contribution in [0.2, 0.25) is 5.02 Å². The zero-order valence-electron chi connectivity index (χ0n) is 11.4. The summed E-state index contributed by atoms with van der Waals surface area (Å²) >= 11 is 9.20. The molecule has 0 saturated heterocycles. The normalized spacial score (nSPS) is 11.4. The van der Waals surface area contributed by atoms with Crippen LogP contribution in [0.4, 0.5) is 0 Å². The molecule has 1 aromatic carbocycles. The fraction of sp³-hybridized carbons (Fsp3) is 0.500. The molecule has 0 aliphatic rings. The maximum atomic E-state index is 12.1. The first-order valence-corrected chi connectivity index (χ1v) is 7.25. The number of benzene rings is 1. The van der Waals surface area contributed by atoms with Gasteiger partial charge < -0.3 is 10.1 Å². The van der Waals surface area contributed by atoms with E-state index in [1.165, 1.54) is 0 Å². The molecule has 0 aromatic heterocycles. The molecule has 106 valence electrons. The van der Waals surface area contributed by atoms with E-state index in [1.54, 1.807) is 25.3 Å². The molecule has 5 heteroatoms. The lowest BCUT2D eigenvalue weighted by Crippen LogP contribution is -2.34. The highest BCUT2D eigenvalue weighted by atomic mass is 79.9. The number of methoxy groups -OCH3 is 1. The molecule has 3 nitrogen and oxygen atoms in total. The van der Waals surface area contributed by atoms with Gasteiger partial charge in [0.25, 0.3) is 5.91 Å². The van der Waals surface area contributed by atoms with Gasteiger partial charge in [0.2, 0.25) is 0 Å². The Morgan fingerprint density at radius 3 is 2.74 bits per heavy atom. The number of carbonyl (C=O) groups excluding carboxylic acids is 1. The second kappa shape index (κ2) is 7.27. The van der Waals surface area contributed by atoms with E-state index in [9.17, 15) is 4.79 Å². The maximum Gasteiger partial charge on any atom is 0.252 e. The second-order valence-electron chi connectivity index (χ2n) is 5.21. The molecular weight excluding hydrogens is 330 g/mol. The van der Waals surface area contributed by atoms with Crippen molar-refractivity contribution < 1.29 is 9.53 Å². The molecule has 0 spiro atoms. The summed E-state index contributed by atoms with van der Waals surface area (Å²) in [5, 5.41) is 3.54. The summed E-state index contributed by atoms with van der Waals surface area (Å²) in [7, 11) is 1.68. The Kier molecular flexibility index (Phi) is 6.30. The van der Waals surface area contributed by atoms with E-state index in [-0.39, 0.29) is 11.3 Å². The van der Waals surface area contributed by atoms with Crippen LogP contribution in [-0.4, -0.2) is 26.2 Å². The Bertz CT molecular complexity index is 449. The molecule has 0 fully saturated rings. The summed E-state index contributed by atoms with van der Waals surface area (Å²) in [6, 6.07) is 5.13. The molecule has 0 heterocycles. The smallest absolute Gasteiger partial charge is 0.252 e. The number of hydrogen-bond donors (Lipinski definition) is 1. The number of carbonyl (C=O) groups is 1. The minimum Gasteiger partial charge on any atom is -0.385 e. The maximum absolute atomic E-state index is 12.1. The summed E-state index contributed by atoms with van der Waals surface area (Å²) in [6.07, 6.45) is 0.894. The zero-order chi connectivity index (χ0) is 14.5. The zero-order valence-corrected chi connectivity index (χ0v) is 13.8. The van der Waals surface area contributed by atoms with Crippen LogP contribution in [0.15, 0.2) is 22.7 Å². The van der Waals surface area contributed by atoms with Crippen molar-refractivity contribution in [1.29, 1.82) is 0 Å². The van der Waals surface area contributed by atoms with Gasteiger partial charge in [-0.2, -0.15) is 0 Å². The molecule has 0 unspecified atom stereocenters. The van der Waals surface area contributed by atoms with E-state index < -0.39 is 0 Å². The number of rotatable bonds is 6. The minimum atomic E-state index is -0.103. The predicted octanol–water partition coefficient (Wildman–Crippen LogP) is 3.90. The van der Waals surface area contributed by atoms with Crippen molar-refractivity contribution in [2.75, 3.05) is 20.3 Å². The number of ether oxygens (including phenoxy) is 1. The lowest BCUT2D eigenvalue weighted by atomic mass is 9.89. The first-order chi connectivity index (χ1) is 8.85. The first kappa shape index (κ1) is 16.5. The van der Waals surface area contributed by atoms with E-state index in [2.05, 4.69) is 35.1 Å². The largest absolute Gasteiger partial charge is 0.385 e. The first-order valence-electron chi connectivity index (χ1n) is 6.08. The van der Waals surface area contributed by atoms with Crippen LogP contribution < -0.4 is 5.32 Å². The second-order valence-corrected chi connectivity index (χ2v) is 6.50. The molecular formula is C14H19BrClNO2. The van der Waals surface area contributed by atoms with Crippen molar-refractivity contribution in [3.05, 3.63) is 33.3 Å². The average molecular weight is 349 g/mol. The highest BCUT2D eigenvalue weighted by Crippen LogP contribution is 2.22. The number of hydrogen-bond acceptors (Lipinski definition) is 2. The van der Waals surface area contributed by atoms with E-state index in [0.29, 0.717) is 28.2 Å². The number of halogens is 2. The molecule has 0 atom stereocenters. The quantitative estimate of drug-likeness (QED) is 0.847. The highest BCUT2D eigenvalue weighted by molar-refractivity contribution is 9.10. The molecule has 1 rings (SSSR count). The van der Waals surface area contributed by atoms with E-state index >= 15 is 0 Å². The Labute approximate surface area is 127 Å². The minimum absolute atomic E-state index is 0.00454. The van der Waals surface area contributed by atoms with Gasteiger partial charge in [0.15, 0.2) is 0 Å². The van der Waals surface area contributed by atoms with Crippen molar-refractivity contribution in [2.24, 2.45) is 5.41 Å². The van der Waals surface area contributed by atoms with Gasteiger partial charge in [0.1, 0.15) is 0 Å². The standard InChI is InChI=1S/C14H19BrClNO2/c1-14(2,6-7-19-3)9-17-13(18)11-5-4-10(16)8-12(11)15/h4-5,8H,6-7,9H2,1-3H3,(H,17,18). The van der Waals surface area contributed by atoms with Gasteiger partial charge in [0, 0.05) is 29.8 Å². The molecule has 0 bridgehead atoms. The van der Waals surface area contributed by atoms with Gasteiger partial charge in [0.05, 0.1) is 5.56 Å². The van der Waals surface area contributed by atoms with Gasteiger partial charge in [-0.25, -0.2) is 0 Å².